The van der Waals surface area contributed by atoms with Crippen molar-refractivity contribution >= 4 is 0 Å². The second kappa shape index (κ2) is 9.60. The highest BCUT2D eigenvalue weighted by Crippen LogP contribution is 2.39. The molecule has 6 nitrogen and oxygen atoms in total. The van der Waals surface area contributed by atoms with E-state index in [4.69, 9.17) is 18.9 Å². The number of hydrogen-bond donors (Lipinski definition) is 1. The van der Waals surface area contributed by atoms with Crippen LogP contribution in [-0.2, 0) is 11.3 Å². The van der Waals surface area contributed by atoms with Crippen LogP contribution in [0.15, 0.2) is 12.1 Å². The molecule has 0 radical (unpaired) electrons. The van der Waals surface area contributed by atoms with Gasteiger partial charge in [0.05, 0.1) is 34.5 Å². The maximum atomic E-state index is 5.49. The molecule has 2 rings (SSSR count). The Hall–Kier alpha value is -1.50. The summed E-state index contributed by atoms with van der Waals surface area (Å²) in [6, 6.07) is 3.92. The van der Waals surface area contributed by atoms with Gasteiger partial charge < -0.3 is 24.3 Å². The van der Waals surface area contributed by atoms with E-state index in [9.17, 15) is 0 Å². The molecule has 0 spiro atoms. The van der Waals surface area contributed by atoms with Crippen LogP contribution in [-0.4, -0.2) is 65.6 Å². The first-order valence-corrected chi connectivity index (χ1v) is 8.08. The van der Waals surface area contributed by atoms with Crippen molar-refractivity contribution in [3.63, 3.8) is 0 Å². The summed E-state index contributed by atoms with van der Waals surface area (Å²) >= 11 is 0. The van der Waals surface area contributed by atoms with Crippen LogP contribution >= 0.6 is 0 Å². The molecule has 0 amide bonds. The lowest BCUT2D eigenvalue weighted by Crippen LogP contribution is -2.37. The Morgan fingerprint density at radius 1 is 1.04 bits per heavy atom. The van der Waals surface area contributed by atoms with Crippen molar-refractivity contribution in [2.24, 2.45) is 0 Å². The van der Waals surface area contributed by atoms with Crippen LogP contribution in [0.2, 0.25) is 0 Å². The van der Waals surface area contributed by atoms with Gasteiger partial charge in [-0.05, 0) is 25.6 Å². The fourth-order valence-electron chi connectivity index (χ4n) is 2.78. The van der Waals surface area contributed by atoms with Gasteiger partial charge in [0.15, 0.2) is 11.5 Å². The molecule has 1 aromatic carbocycles. The maximum Gasteiger partial charge on any atom is 0.203 e. The molecule has 0 aliphatic carbocycles. The fraction of sp³-hybridized carbons (Fsp3) is 0.647. The van der Waals surface area contributed by atoms with Crippen LogP contribution in [0.4, 0.5) is 0 Å². The summed E-state index contributed by atoms with van der Waals surface area (Å²) in [4.78, 5) is 2.45. The van der Waals surface area contributed by atoms with Gasteiger partial charge in [-0.2, -0.15) is 0 Å². The first-order chi connectivity index (χ1) is 11.3. The molecule has 0 atom stereocenters. The molecule has 1 heterocycles. The van der Waals surface area contributed by atoms with Crippen molar-refractivity contribution < 1.29 is 18.9 Å². The predicted molar refractivity (Wildman–Crippen MR) is 89.7 cm³/mol. The van der Waals surface area contributed by atoms with Crippen molar-refractivity contribution in [1.82, 2.24) is 10.2 Å². The molecule has 1 N–H and O–H groups in total. The SMILES string of the molecule is COc1ccc(CNCCCN2CCOCC2)c(OC)c1OC. The van der Waals surface area contributed by atoms with Crippen molar-refractivity contribution in [2.45, 2.75) is 13.0 Å². The highest BCUT2D eigenvalue weighted by molar-refractivity contribution is 5.55. The number of nitrogens with one attached hydrogen (secondary N) is 1. The second-order valence-electron chi connectivity index (χ2n) is 5.48. The molecule has 1 saturated heterocycles. The minimum absolute atomic E-state index is 0.641. The molecule has 130 valence electrons. The molecule has 1 aliphatic heterocycles. The molecule has 0 aromatic heterocycles. The predicted octanol–water partition coefficient (Wildman–Crippen LogP) is 1.52. The summed E-state index contributed by atoms with van der Waals surface area (Å²) in [5, 5.41) is 3.47. The zero-order chi connectivity index (χ0) is 16.5. The van der Waals surface area contributed by atoms with E-state index in [2.05, 4.69) is 10.2 Å². The topological polar surface area (TPSA) is 52.2 Å². The van der Waals surface area contributed by atoms with E-state index in [-0.39, 0.29) is 0 Å². The van der Waals surface area contributed by atoms with Crippen LogP contribution in [0.1, 0.15) is 12.0 Å². The number of ether oxygens (including phenoxy) is 4. The normalized spacial score (nSPS) is 15.4. The molecule has 0 unspecified atom stereocenters. The average Bonchev–Trinajstić information content (AvgIpc) is 2.61. The van der Waals surface area contributed by atoms with Gasteiger partial charge in [-0.3, -0.25) is 4.90 Å². The number of methoxy groups -OCH3 is 3. The average molecular weight is 324 g/mol. The molecule has 1 aromatic rings. The monoisotopic (exact) mass is 324 g/mol. The third-order valence-corrected chi connectivity index (χ3v) is 4.03. The first-order valence-electron chi connectivity index (χ1n) is 8.08. The van der Waals surface area contributed by atoms with Gasteiger partial charge in [0.1, 0.15) is 0 Å². The van der Waals surface area contributed by atoms with Crippen LogP contribution < -0.4 is 19.5 Å². The zero-order valence-electron chi connectivity index (χ0n) is 14.4. The first kappa shape index (κ1) is 17.8. The molecule has 0 bridgehead atoms. The molecule has 1 aliphatic rings. The van der Waals surface area contributed by atoms with E-state index in [1.165, 1.54) is 0 Å². The number of nitrogens with zero attached hydrogens (tertiary/aromatic N) is 1. The molecular formula is C17H28N2O4. The van der Waals surface area contributed by atoms with E-state index >= 15 is 0 Å². The van der Waals surface area contributed by atoms with Crippen LogP contribution in [0.5, 0.6) is 17.2 Å². The van der Waals surface area contributed by atoms with Gasteiger partial charge in [-0.1, -0.05) is 6.07 Å². The lowest BCUT2D eigenvalue weighted by Gasteiger charge is -2.26. The summed E-state index contributed by atoms with van der Waals surface area (Å²) < 4.78 is 21.6. The van der Waals surface area contributed by atoms with Crippen molar-refractivity contribution in [3.05, 3.63) is 17.7 Å². The van der Waals surface area contributed by atoms with Crippen LogP contribution in [0, 0.1) is 0 Å². The van der Waals surface area contributed by atoms with Gasteiger partial charge in [-0.25, -0.2) is 0 Å². The van der Waals surface area contributed by atoms with Gasteiger partial charge in [0.2, 0.25) is 5.75 Å². The fourth-order valence-corrected chi connectivity index (χ4v) is 2.78. The molecule has 0 saturated carbocycles. The molecule has 23 heavy (non-hydrogen) atoms. The third-order valence-electron chi connectivity index (χ3n) is 4.03. The minimum atomic E-state index is 0.641. The number of hydrogen-bond acceptors (Lipinski definition) is 6. The van der Waals surface area contributed by atoms with E-state index in [0.29, 0.717) is 11.5 Å². The summed E-state index contributed by atoms with van der Waals surface area (Å²) in [6.07, 6.45) is 1.12. The Labute approximate surface area is 138 Å². The van der Waals surface area contributed by atoms with Crippen molar-refractivity contribution in [2.75, 3.05) is 60.7 Å². The van der Waals surface area contributed by atoms with Gasteiger partial charge in [-0.15, -0.1) is 0 Å². The second-order valence-corrected chi connectivity index (χ2v) is 5.48. The number of benzene rings is 1. The lowest BCUT2D eigenvalue weighted by molar-refractivity contribution is 0.0374. The summed E-state index contributed by atoms with van der Waals surface area (Å²) in [6.45, 7) is 6.63. The standard InChI is InChI=1S/C17H28N2O4/c1-20-15-6-5-14(16(21-2)17(15)22-3)13-18-7-4-8-19-9-11-23-12-10-19/h5-6,18H,4,7-13H2,1-3H3. The highest BCUT2D eigenvalue weighted by atomic mass is 16.5. The van der Waals surface area contributed by atoms with Crippen molar-refractivity contribution in [3.8, 4) is 17.2 Å². The third kappa shape index (κ3) is 4.99. The quantitative estimate of drug-likeness (QED) is 0.695. The smallest absolute Gasteiger partial charge is 0.203 e. The Morgan fingerprint density at radius 3 is 2.43 bits per heavy atom. The summed E-state index contributed by atoms with van der Waals surface area (Å²) in [7, 11) is 4.90. The Bertz CT molecular complexity index is 476. The van der Waals surface area contributed by atoms with E-state index in [1.807, 2.05) is 12.1 Å². The van der Waals surface area contributed by atoms with E-state index < -0.39 is 0 Å². The van der Waals surface area contributed by atoms with Gasteiger partial charge in [0, 0.05) is 25.2 Å². The Kier molecular flexibility index (Phi) is 7.45. The molecule has 1 fully saturated rings. The zero-order valence-corrected chi connectivity index (χ0v) is 14.4. The van der Waals surface area contributed by atoms with E-state index in [1.54, 1.807) is 21.3 Å². The van der Waals surface area contributed by atoms with Crippen LogP contribution in [0.25, 0.3) is 0 Å². The number of rotatable bonds is 9. The maximum absolute atomic E-state index is 5.49. The van der Waals surface area contributed by atoms with Gasteiger partial charge in [0.25, 0.3) is 0 Å². The highest BCUT2D eigenvalue weighted by Gasteiger charge is 2.15. The van der Waals surface area contributed by atoms with E-state index in [0.717, 1.165) is 63.7 Å². The Morgan fingerprint density at radius 2 is 1.78 bits per heavy atom. The minimum Gasteiger partial charge on any atom is -0.493 e. The lowest BCUT2D eigenvalue weighted by atomic mass is 10.1. The molecule has 6 heteroatoms. The van der Waals surface area contributed by atoms with Gasteiger partial charge >= 0.3 is 0 Å². The summed E-state index contributed by atoms with van der Waals surface area (Å²) in [5.74, 6) is 2.05. The summed E-state index contributed by atoms with van der Waals surface area (Å²) in [5.41, 5.74) is 1.07. The number of morpholine rings is 1. The molecular weight excluding hydrogens is 296 g/mol. The van der Waals surface area contributed by atoms with Crippen molar-refractivity contribution in [1.29, 1.82) is 0 Å². The Balaban J connectivity index is 1.80. The largest absolute Gasteiger partial charge is 0.493 e. The van der Waals surface area contributed by atoms with Crippen LogP contribution in [0.3, 0.4) is 0 Å².